The first-order valence-electron chi connectivity index (χ1n) is 4.60. The molecule has 1 amide bonds. The molecule has 0 aromatic heterocycles. The topological polar surface area (TPSA) is 29.5 Å². The Morgan fingerprint density at radius 2 is 2.15 bits per heavy atom. The van der Waals surface area contributed by atoms with Gasteiger partial charge >= 0.3 is 6.09 Å². The van der Waals surface area contributed by atoms with E-state index >= 15 is 0 Å². The minimum Gasteiger partial charge on any atom is -0.443 e. The average Bonchev–Trinajstić information content (AvgIpc) is 1.80. The number of carbonyl (C=O) groups is 1. The summed E-state index contributed by atoms with van der Waals surface area (Å²) in [5.74, 6) is 0. The van der Waals surface area contributed by atoms with Crippen LogP contribution < -0.4 is 0 Å². The number of hydrogen-bond donors (Lipinski definition) is 0. The van der Waals surface area contributed by atoms with Gasteiger partial charge in [-0.25, -0.2) is 4.79 Å². The summed E-state index contributed by atoms with van der Waals surface area (Å²) in [6, 6.07) is 0. The van der Waals surface area contributed by atoms with Crippen LogP contribution >= 0.6 is 0 Å². The molecular formula is C10H17NO2. The first kappa shape index (κ1) is 10.1. The Labute approximate surface area is 79.4 Å². The van der Waals surface area contributed by atoms with Gasteiger partial charge in [-0.3, -0.25) is 4.90 Å². The van der Waals surface area contributed by atoms with Crippen LogP contribution in [-0.2, 0) is 4.74 Å². The van der Waals surface area contributed by atoms with Gasteiger partial charge in [-0.1, -0.05) is 6.08 Å². The number of allylic oxidation sites excluding steroid dienone is 1. The molecule has 0 radical (unpaired) electrons. The van der Waals surface area contributed by atoms with Crippen LogP contribution in [0.3, 0.4) is 0 Å². The van der Waals surface area contributed by atoms with E-state index in [1.807, 2.05) is 33.8 Å². The standard InChI is InChI=1S/C10H17NO2/c1-5-8-6-7-11(8)9(12)13-10(2,3)4/h5H,6-7H2,1-4H3. The van der Waals surface area contributed by atoms with Crippen molar-refractivity contribution in [1.29, 1.82) is 0 Å². The van der Waals surface area contributed by atoms with Gasteiger partial charge in [0.15, 0.2) is 0 Å². The molecule has 13 heavy (non-hydrogen) atoms. The van der Waals surface area contributed by atoms with E-state index in [-0.39, 0.29) is 6.09 Å². The van der Waals surface area contributed by atoms with Crippen molar-refractivity contribution in [2.45, 2.75) is 39.7 Å². The Balaban J connectivity index is 2.50. The number of carbonyl (C=O) groups excluding carboxylic acids is 1. The summed E-state index contributed by atoms with van der Waals surface area (Å²) < 4.78 is 5.22. The minimum absolute atomic E-state index is 0.230. The number of hydrogen-bond acceptors (Lipinski definition) is 2. The van der Waals surface area contributed by atoms with Gasteiger partial charge in [-0.15, -0.1) is 0 Å². The van der Waals surface area contributed by atoms with Gasteiger partial charge in [0.05, 0.1) is 0 Å². The Bertz CT molecular complexity index is 238. The first-order chi connectivity index (χ1) is 5.94. The fourth-order valence-electron chi connectivity index (χ4n) is 1.18. The normalized spacial score (nSPS) is 20.0. The third-order valence-corrected chi connectivity index (χ3v) is 1.89. The fourth-order valence-corrected chi connectivity index (χ4v) is 1.18. The van der Waals surface area contributed by atoms with Gasteiger partial charge < -0.3 is 4.74 Å². The van der Waals surface area contributed by atoms with Gasteiger partial charge in [0.25, 0.3) is 0 Å². The van der Waals surface area contributed by atoms with Crippen LogP contribution in [0.4, 0.5) is 4.79 Å². The molecule has 3 nitrogen and oxygen atoms in total. The summed E-state index contributed by atoms with van der Waals surface area (Å²) in [7, 11) is 0. The highest BCUT2D eigenvalue weighted by atomic mass is 16.6. The average molecular weight is 183 g/mol. The highest BCUT2D eigenvalue weighted by Crippen LogP contribution is 2.23. The Kier molecular flexibility index (Phi) is 2.64. The van der Waals surface area contributed by atoms with Crippen LogP contribution in [-0.4, -0.2) is 23.1 Å². The molecule has 0 bridgehead atoms. The zero-order valence-corrected chi connectivity index (χ0v) is 8.76. The van der Waals surface area contributed by atoms with E-state index in [0.717, 1.165) is 18.7 Å². The second-order valence-corrected chi connectivity index (χ2v) is 4.16. The van der Waals surface area contributed by atoms with E-state index in [2.05, 4.69) is 0 Å². The summed E-state index contributed by atoms with van der Waals surface area (Å²) in [4.78, 5) is 13.1. The van der Waals surface area contributed by atoms with Crippen LogP contribution in [0.15, 0.2) is 11.8 Å². The maximum absolute atomic E-state index is 11.5. The fraction of sp³-hybridized carbons (Fsp3) is 0.700. The Hall–Kier alpha value is -0.990. The lowest BCUT2D eigenvalue weighted by atomic mass is 10.1. The number of ether oxygens (including phenoxy) is 1. The lowest BCUT2D eigenvalue weighted by molar-refractivity contribution is 0.0235. The van der Waals surface area contributed by atoms with Crippen molar-refractivity contribution in [2.75, 3.05) is 6.54 Å². The maximum atomic E-state index is 11.5. The zero-order chi connectivity index (χ0) is 10.1. The van der Waals surface area contributed by atoms with E-state index in [1.54, 1.807) is 4.90 Å². The molecule has 0 aromatic carbocycles. The van der Waals surface area contributed by atoms with Gasteiger partial charge in [0.1, 0.15) is 5.60 Å². The summed E-state index contributed by atoms with van der Waals surface area (Å²) in [5.41, 5.74) is 0.667. The molecule has 1 fully saturated rings. The third kappa shape index (κ3) is 2.47. The summed E-state index contributed by atoms with van der Waals surface area (Å²) in [6.07, 6.45) is 2.70. The molecule has 1 heterocycles. The molecule has 0 aliphatic carbocycles. The molecule has 1 aliphatic heterocycles. The lowest BCUT2D eigenvalue weighted by Gasteiger charge is -2.35. The second kappa shape index (κ2) is 3.40. The predicted octanol–water partition coefficient (Wildman–Crippen LogP) is 2.53. The summed E-state index contributed by atoms with van der Waals surface area (Å²) >= 11 is 0. The number of nitrogens with zero attached hydrogens (tertiary/aromatic N) is 1. The van der Waals surface area contributed by atoms with Gasteiger partial charge in [-0.2, -0.15) is 0 Å². The van der Waals surface area contributed by atoms with Crippen molar-refractivity contribution in [3.05, 3.63) is 11.8 Å². The Morgan fingerprint density at radius 3 is 2.46 bits per heavy atom. The SMILES string of the molecule is CC=C1CCN1C(=O)OC(C)(C)C. The molecule has 0 saturated carbocycles. The molecule has 0 aromatic rings. The monoisotopic (exact) mass is 183 g/mol. The highest BCUT2D eigenvalue weighted by Gasteiger charge is 2.29. The van der Waals surface area contributed by atoms with Crippen molar-refractivity contribution in [3.8, 4) is 0 Å². The quantitative estimate of drug-likeness (QED) is 0.577. The highest BCUT2D eigenvalue weighted by molar-refractivity contribution is 5.71. The van der Waals surface area contributed by atoms with E-state index in [9.17, 15) is 4.79 Å². The minimum atomic E-state index is -0.397. The van der Waals surface area contributed by atoms with Crippen LogP contribution in [0, 0.1) is 0 Å². The zero-order valence-electron chi connectivity index (χ0n) is 8.76. The molecule has 1 saturated heterocycles. The molecule has 1 aliphatic rings. The van der Waals surface area contributed by atoms with Crippen molar-refractivity contribution in [2.24, 2.45) is 0 Å². The molecule has 0 N–H and O–H groups in total. The third-order valence-electron chi connectivity index (χ3n) is 1.89. The molecular weight excluding hydrogens is 166 g/mol. The van der Waals surface area contributed by atoms with Gasteiger partial charge in [0.2, 0.25) is 0 Å². The molecule has 0 atom stereocenters. The van der Waals surface area contributed by atoms with E-state index in [0.29, 0.717) is 0 Å². The summed E-state index contributed by atoms with van der Waals surface area (Å²) in [5, 5.41) is 0. The van der Waals surface area contributed by atoms with Crippen LogP contribution in [0.1, 0.15) is 34.1 Å². The molecule has 74 valence electrons. The van der Waals surface area contributed by atoms with Gasteiger partial charge in [0, 0.05) is 18.7 Å². The number of amides is 1. The van der Waals surface area contributed by atoms with Crippen molar-refractivity contribution in [3.63, 3.8) is 0 Å². The van der Waals surface area contributed by atoms with E-state index in [4.69, 9.17) is 4.74 Å². The molecule has 1 rings (SSSR count). The number of likely N-dealkylation sites (tertiary alicyclic amines) is 1. The molecule has 0 spiro atoms. The van der Waals surface area contributed by atoms with E-state index in [1.165, 1.54) is 0 Å². The van der Waals surface area contributed by atoms with Crippen molar-refractivity contribution in [1.82, 2.24) is 4.90 Å². The lowest BCUT2D eigenvalue weighted by Crippen LogP contribution is -2.43. The summed E-state index contributed by atoms with van der Waals surface area (Å²) in [6.45, 7) is 8.35. The predicted molar refractivity (Wildman–Crippen MR) is 51.3 cm³/mol. The molecule has 0 unspecified atom stereocenters. The van der Waals surface area contributed by atoms with E-state index < -0.39 is 5.60 Å². The van der Waals surface area contributed by atoms with Crippen LogP contribution in [0.2, 0.25) is 0 Å². The van der Waals surface area contributed by atoms with Crippen LogP contribution in [0.25, 0.3) is 0 Å². The van der Waals surface area contributed by atoms with Crippen molar-refractivity contribution < 1.29 is 9.53 Å². The largest absolute Gasteiger partial charge is 0.443 e. The van der Waals surface area contributed by atoms with Crippen molar-refractivity contribution >= 4 is 6.09 Å². The smallest absolute Gasteiger partial charge is 0.414 e. The molecule has 3 heteroatoms. The second-order valence-electron chi connectivity index (χ2n) is 4.16. The van der Waals surface area contributed by atoms with Crippen LogP contribution in [0.5, 0.6) is 0 Å². The first-order valence-corrected chi connectivity index (χ1v) is 4.60. The van der Waals surface area contributed by atoms with Gasteiger partial charge in [-0.05, 0) is 27.7 Å². The maximum Gasteiger partial charge on any atom is 0.414 e. The Morgan fingerprint density at radius 1 is 1.54 bits per heavy atom. The number of rotatable bonds is 0.